The van der Waals surface area contributed by atoms with Gasteiger partial charge in [-0.2, -0.15) is 0 Å². The van der Waals surface area contributed by atoms with Crippen LogP contribution < -0.4 is 19.7 Å². The summed E-state index contributed by atoms with van der Waals surface area (Å²) in [5.74, 6) is 1.85. The molecule has 0 saturated carbocycles. The van der Waals surface area contributed by atoms with Gasteiger partial charge in [-0.05, 0) is 41.6 Å². The Balaban J connectivity index is 1.21. The summed E-state index contributed by atoms with van der Waals surface area (Å²) < 4.78 is 10.8. The van der Waals surface area contributed by atoms with Gasteiger partial charge in [-0.1, -0.05) is 6.07 Å². The number of aromatic nitrogens is 2. The van der Waals surface area contributed by atoms with Crippen molar-refractivity contribution >= 4 is 34.9 Å². The first kappa shape index (κ1) is 18.9. The molecule has 1 aromatic heterocycles. The van der Waals surface area contributed by atoms with Gasteiger partial charge < -0.3 is 14.4 Å². The third-order valence-electron chi connectivity index (χ3n) is 5.08. The van der Waals surface area contributed by atoms with E-state index in [4.69, 9.17) is 9.47 Å². The number of piperazine rings is 1. The predicted octanol–water partition coefficient (Wildman–Crippen LogP) is 1.85. The number of imide groups is 1. The number of nitrogens with one attached hydrogen (secondary N) is 1. The molecule has 0 aliphatic carbocycles. The minimum absolute atomic E-state index is 0.285. The first-order valence-corrected chi connectivity index (χ1v) is 10.4. The lowest BCUT2D eigenvalue weighted by Crippen LogP contribution is -2.46. The molecular formula is C20H19N5O4S. The van der Waals surface area contributed by atoms with Crippen LogP contribution in [0.3, 0.4) is 0 Å². The van der Waals surface area contributed by atoms with Crippen LogP contribution in [0.4, 0.5) is 10.7 Å². The number of benzene rings is 1. The molecule has 3 aliphatic heterocycles. The van der Waals surface area contributed by atoms with Crippen LogP contribution in [0.15, 0.2) is 35.4 Å². The molecule has 154 valence electrons. The summed E-state index contributed by atoms with van der Waals surface area (Å²) in [5.41, 5.74) is 1.80. The van der Waals surface area contributed by atoms with Gasteiger partial charge in [0.15, 0.2) is 11.5 Å². The molecular weight excluding hydrogens is 406 g/mol. The molecule has 2 saturated heterocycles. The Bertz CT molecular complexity index is 1040. The molecule has 30 heavy (non-hydrogen) atoms. The highest BCUT2D eigenvalue weighted by Gasteiger charge is 2.25. The standard InChI is InChI=1S/C20H19N5O4S/c26-18-17(30-20(27)23-18)10-14-3-4-21-19(22-14)25-7-5-24(6-8-25)11-13-1-2-15-16(9-13)29-12-28-15/h1-4,9-10H,5-8,11-12H2,(H,23,26,27)/b17-10+. The molecule has 5 rings (SSSR count). The van der Waals surface area contributed by atoms with Gasteiger partial charge >= 0.3 is 0 Å². The monoisotopic (exact) mass is 425 g/mol. The lowest BCUT2D eigenvalue weighted by atomic mass is 10.1. The molecule has 0 radical (unpaired) electrons. The highest BCUT2D eigenvalue weighted by Crippen LogP contribution is 2.33. The van der Waals surface area contributed by atoms with E-state index < -0.39 is 0 Å². The second-order valence-electron chi connectivity index (χ2n) is 7.08. The van der Waals surface area contributed by atoms with E-state index in [0.717, 1.165) is 56.0 Å². The number of ether oxygens (including phenoxy) is 2. The summed E-state index contributed by atoms with van der Waals surface area (Å²) in [7, 11) is 0. The van der Waals surface area contributed by atoms with E-state index in [9.17, 15) is 9.59 Å². The number of thioether (sulfide) groups is 1. The van der Waals surface area contributed by atoms with Crippen LogP contribution in [-0.4, -0.2) is 59.0 Å². The fraction of sp³-hybridized carbons (Fsp3) is 0.300. The van der Waals surface area contributed by atoms with E-state index in [2.05, 4.69) is 31.2 Å². The number of nitrogens with zero attached hydrogens (tertiary/aromatic N) is 4. The van der Waals surface area contributed by atoms with Crippen molar-refractivity contribution in [3.05, 3.63) is 46.6 Å². The minimum atomic E-state index is -0.387. The van der Waals surface area contributed by atoms with Crippen LogP contribution in [0.2, 0.25) is 0 Å². The first-order valence-electron chi connectivity index (χ1n) is 9.58. The molecule has 9 nitrogen and oxygen atoms in total. The van der Waals surface area contributed by atoms with Crippen LogP contribution in [0.25, 0.3) is 6.08 Å². The van der Waals surface area contributed by atoms with Crippen molar-refractivity contribution < 1.29 is 19.1 Å². The van der Waals surface area contributed by atoms with Gasteiger partial charge in [-0.3, -0.25) is 19.8 Å². The van der Waals surface area contributed by atoms with Crippen LogP contribution in [0, 0.1) is 0 Å². The zero-order valence-electron chi connectivity index (χ0n) is 16.0. The maximum atomic E-state index is 11.7. The number of fused-ring (bicyclic) bond motifs is 1. The Hall–Kier alpha value is -3.11. The predicted molar refractivity (Wildman–Crippen MR) is 111 cm³/mol. The van der Waals surface area contributed by atoms with Crippen molar-refractivity contribution in [3.63, 3.8) is 0 Å². The molecule has 2 amide bonds. The van der Waals surface area contributed by atoms with E-state index >= 15 is 0 Å². The third-order valence-corrected chi connectivity index (χ3v) is 5.89. The van der Waals surface area contributed by atoms with Gasteiger partial charge in [0.05, 0.1) is 10.6 Å². The van der Waals surface area contributed by atoms with E-state index in [1.54, 1.807) is 18.3 Å². The average molecular weight is 425 g/mol. The van der Waals surface area contributed by atoms with E-state index in [1.165, 1.54) is 5.56 Å². The Morgan fingerprint density at radius 2 is 1.93 bits per heavy atom. The highest BCUT2D eigenvalue weighted by atomic mass is 32.2. The van der Waals surface area contributed by atoms with Gasteiger partial charge in [-0.25, -0.2) is 9.97 Å². The molecule has 2 aromatic rings. The SMILES string of the molecule is O=C1NC(=O)/C(=C\c2ccnc(N3CCN(Cc4ccc5c(c4)OCO5)CC3)n2)S1. The highest BCUT2D eigenvalue weighted by molar-refractivity contribution is 8.18. The van der Waals surface area contributed by atoms with Crippen LogP contribution in [0.1, 0.15) is 11.3 Å². The molecule has 10 heteroatoms. The van der Waals surface area contributed by atoms with Gasteiger partial charge in [0.1, 0.15) is 0 Å². The number of anilines is 1. The second kappa shape index (κ2) is 7.96. The van der Waals surface area contributed by atoms with Gasteiger partial charge in [0.2, 0.25) is 12.7 Å². The Labute approximate surface area is 177 Å². The molecule has 0 unspecified atom stereocenters. The van der Waals surface area contributed by atoms with Crippen molar-refractivity contribution in [2.75, 3.05) is 37.9 Å². The van der Waals surface area contributed by atoms with E-state index in [-0.39, 0.29) is 17.9 Å². The van der Waals surface area contributed by atoms with Crippen LogP contribution in [-0.2, 0) is 11.3 Å². The Morgan fingerprint density at radius 1 is 1.10 bits per heavy atom. The third kappa shape index (κ3) is 3.96. The van der Waals surface area contributed by atoms with Gasteiger partial charge in [0, 0.05) is 38.9 Å². The summed E-state index contributed by atoms with van der Waals surface area (Å²) in [5, 5.41) is 1.88. The summed E-state index contributed by atoms with van der Waals surface area (Å²) >= 11 is 0.883. The normalized spacial score (nSPS) is 20.1. The molecule has 0 atom stereocenters. The van der Waals surface area contributed by atoms with Crippen molar-refractivity contribution in [2.24, 2.45) is 0 Å². The zero-order chi connectivity index (χ0) is 20.5. The second-order valence-corrected chi connectivity index (χ2v) is 8.10. The molecule has 0 bridgehead atoms. The molecule has 3 aliphatic rings. The molecule has 1 N–H and O–H groups in total. The number of carbonyl (C=O) groups is 2. The molecule has 4 heterocycles. The Kier molecular flexibility index (Phi) is 5.01. The van der Waals surface area contributed by atoms with Crippen molar-refractivity contribution in [1.82, 2.24) is 20.2 Å². The van der Waals surface area contributed by atoms with Crippen LogP contribution >= 0.6 is 11.8 Å². The Morgan fingerprint density at radius 3 is 2.73 bits per heavy atom. The maximum absolute atomic E-state index is 11.7. The van der Waals surface area contributed by atoms with Crippen LogP contribution in [0.5, 0.6) is 11.5 Å². The fourth-order valence-electron chi connectivity index (χ4n) is 3.55. The number of rotatable bonds is 4. The van der Waals surface area contributed by atoms with Gasteiger partial charge in [0.25, 0.3) is 11.1 Å². The number of hydrogen-bond donors (Lipinski definition) is 1. The van der Waals surface area contributed by atoms with Crippen molar-refractivity contribution in [3.8, 4) is 11.5 Å². The van der Waals surface area contributed by atoms with Crippen molar-refractivity contribution in [2.45, 2.75) is 6.54 Å². The lowest BCUT2D eigenvalue weighted by Gasteiger charge is -2.34. The van der Waals surface area contributed by atoms with E-state index in [0.29, 0.717) is 16.5 Å². The summed E-state index contributed by atoms with van der Waals surface area (Å²) in [6.07, 6.45) is 3.29. The smallest absolute Gasteiger partial charge is 0.290 e. The first-order chi connectivity index (χ1) is 14.6. The minimum Gasteiger partial charge on any atom is -0.454 e. The quantitative estimate of drug-likeness (QED) is 0.736. The lowest BCUT2D eigenvalue weighted by molar-refractivity contribution is -0.115. The number of carbonyl (C=O) groups excluding carboxylic acids is 2. The largest absolute Gasteiger partial charge is 0.454 e. The number of hydrogen-bond acceptors (Lipinski definition) is 9. The summed E-state index contributed by atoms with van der Waals surface area (Å²) in [6.45, 7) is 4.51. The molecule has 1 aromatic carbocycles. The summed E-state index contributed by atoms with van der Waals surface area (Å²) in [6, 6.07) is 7.79. The van der Waals surface area contributed by atoms with E-state index in [1.807, 2.05) is 12.1 Å². The van der Waals surface area contributed by atoms with Crippen molar-refractivity contribution in [1.29, 1.82) is 0 Å². The van der Waals surface area contributed by atoms with Gasteiger partial charge in [-0.15, -0.1) is 0 Å². The zero-order valence-corrected chi connectivity index (χ0v) is 16.9. The fourth-order valence-corrected chi connectivity index (χ4v) is 4.22. The molecule has 0 spiro atoms. The molecule has 2 fully saturated rings. The average Bonchev–Trinajstić information content (AvgIpc) is 3.34. The maximum Gasteiger partial charge on any atom is 0.290 e. The topological polar surface area (TPSA) is 96.9 Å². The summed E-state index contributed by atoms with van der Waals surface area (Å²) in [4.78, 5) is 36.8. The number of amides is 2.